The normalized spacial score (nSPS) is 11.8. The van der Waals surface area contributed by atoms with Crippen molar-refractivity contribution < 1.29 is 0 Å². The van der Waals surface area contributed by atoms with E-state index in [1.807, 2.05) is 18.3 Å². The Morgan fingerprint density at radius 3 is 1.73 bits per heavy atom. The van der Waals surface area contributed by atoms with Gasteiger partial charge in [0.15, 0.2) is 5.82 Å². The van der Waals surface area contributed by atoms with E-state index in [9.17, 15) is 0 Å². The molecule has 1 aliphatic rings. The van der Waals surface area contributed by atoms with Crippen molar-refractivity contribution in [3.8, 4) is 67.4 Å². The minimum atomic E-state index is 0.714. The predicted molar refractivity (Wildman–Crippen MR) is 196 cm³/mol. The molecule has 9 aromatic rings. The van der Waals surface area contributed by atoms with E-state index in [-0.39, 0.29) is 0 Å². The van der Waals surface area contributed by atoms with Crippen LogP contribution < -0.4 is 0 Å². The number of hydrogen-bond acceptors (Lipinski definition) is 4. The van der Waals surface area contributed by atoms with Crippen LogP contribution in [0.4, 0.5) is 0 Å². The lowest BCUT2D eigenvalue weighted by atomic mass is 9.97. The summed E-state index contributed by atoms with van der Waals surface area (Å²) in [5.41, 5.74) is 13.7. The summed E-state index contributed by atoms with van der Waals surface area (Å²) in [6.07, 6.45) is 1.83. The molecule has 0 unspecified atom stereocenters. The molecule has 4 heteroatoms. The van der Waals surface area contributed by atoms with Crippen molar-refractivity contribution in [2.75, 3.05) is 0 Å². The van der Waals surface area contributed by atoms with Gasteiger partial charge in [0.25, 0.3) is 0 Å². The van der Waals surface area contributed by atoms with E-state index < -0.39 is 0 Å². The van der Waals surface area contributed by atoms with Gasteiger partial charge in [-0.1, -0.05) is 127 Å². The molecule has 3 aromatic heterocycles. The van der Waals surface area contributed by atoms with Gasteiger partial charge < -0.3 is 0 Å². The Morgan fingerprint density at radius 1 is 0.354 bits per heavy atom. The monoisotopic (exact) mass is 610 g/mol. The molecule has 0 amide bonds. The fourth-order valence-corrected chi connectivity index (χ4v) is 7.17. The second kappa shape index (κ2) is 10.5. The first-order valence-electron chi connectivity index (χ1n) is 16.1. The summed E-state index contributed by atoms with van der Waals surface area (Å²) in [6, 6.07) is 53.0. The van der Waals surface area contributed by atoms with Crippen LogP contribution in [0.25, 0.3) is 100.0 Å². The van der Waals surface area contributed by atoms with Crippen LogP contribution in [0.2, 0.25) is 0 Å². The highest BCUT2D eigenvalue weighted by molar-refractivity contribution is 6.18. The first-order valence-corrected chi connectivity index (χ1v) is 16.1. The molecule has 222 valence electrons. The van der Waals surface area contributed by atoms with E-state index >= 15 is 0 Å². The highest BCUT2D eigenvalue weighted by Crippen LogP contribution is 2.49. The maximum atomic E-state index is 5.22. The number of aromatic nitrogens is 4. The highest BCUT2D eigenvalue weighted by atomic mass is 14.9. The molecule has 0 saturated heterocycles. The number of pyridine rings is 2. The molecule has 3 heterocycles. The van der Waals surface area contributed by atoms with Crippen LogP contribution in [0.3, 0.4) is 0 Å². The topological polar surface area (TPSA) is 51.6 Å². The van der Waals surface area contributed by atoms with Crippen molar-refractivity contribution in [3.05, 3.63) is 158 Å². The van der Waals surface area contributed by atoms with Crippen LogP contribution in [0.15, 0.2) is 158 Å². The number of hydrogen-bond donors (Lipinski definition) is 0. The van der Waals surface area contributed by atoms with Gasteiger partial charge in [-0.05, 0) is 57.3 Å². The first-order chi connectivity index (χ1) is 23.8. The average Bonchev–Trinajstić information content (AvgIpc) is 3.50. The Morgan fingerprint density at radius 2 is 0.958 bits per heavy atom. The summed E-state index contributed by atoms with van der Waals surface area (Å²) < 4.78 is 0. The Bertz CT molecular complexity index is 2690. The van der Waals surface area contributed by atoms with Crippen LogP contribution in [-0.2, 0) is 0 Å². The van der Waals surface area contributed by atoms with Crippen molar-refractivity contribution in [1.82, 2.24) is 19.9 Å². The molecule has 4 nitrogen and oxygen atoms in total. The molecule has 48 heavy (non-hydrogen) atoms. The zero-order chi connectivity index (χ0) is 31.6. The number of fused-ring (bicyclic) bond motifs is 6. The van der Waals surface area contributed by atoms with Crippen molar-refractivity contribution in [2.45, 2.75) is 0 Å². The minimum absolute atomic E-state index is 0.714. The minimum Gasteiger partial charge on any atom is -0.254 e. The van der Waals surface area contributed by atoms with Gasteiger partial charge in [0.1, 0.15) is 0 Å². The molecule has 0 aliphatic heterocycles. The average molecular weight is 611 g/mol. The van der Waals surface area contributed by atoms with Gasteiger partial charge in [0.2, 0.25) is 0 Å². The summed E-state index contributed by atoms with van der Waals surface area (Å²) in [5, 5.41) is 4.60. The van der Waals surface area contributed by atoms with Crippen molar-refractivity contribution in [3.63, 3.8) is 0 Å². The fraction of sp³-hybridized carbons (Fsp3) is 0. The summed E-state index contributed by atoms with van der Waals surface area (Å²) in [6.45, 7) is 0. The first kappa shape index (κ1) is 26.7. The van der Waals surface area contributed by atoms with Gasteiger partial charge in [-0.15, -0.1) is 0 Å². The second-order valence-corrected chi connectivity index (χ2v) is 12.2. The van der Waals surface area contributed by atoms with Crippen molar-refractivity contribution in [1.29, 1.82) is 0 Å². The van der Waals surface area contributed by atoms with E-state index in [0.717, 1.165) is 66.5 Å². The Balaban J connectivity index is 1.10. The third kappa shape index (κ3) is 4.16. The third-order valence-corrected chi connectivity index (χ3v) is 9.49. The number of benzene rings is 6. The largest absolute Gasteiger partial charge is 0.254 e. The van der Waals surface area contributed by atoms with Gasteiger partial charge in [0.05, 0.1) is 28.1 Å². The molecule has 6 aromatic carbocycles. The lowest BCUT2D eigenvalue weighted by Crippen LogP contribution is -1.97. The molecule has 0 N–H and O–H groups in total. The molecule has 0 radical (unpaired) electrons. The van der Waals surface area contributed by atoms with Crippen molar-refractivity contribution in [2.24, 2.45) is 0 Å². The standard InChI is InChI=1S/C44H26N4/c1-2-8-27(9-3-1)39-26-40(29-17-15-28(16-18-29)38-24-21-31-20-19-30-10-7-25-45-42(30)43(31)46-38)48-44(47-39)37-23-22-36-33-12-5-4-11-32(33)34-13-6-14-35(37)41(34)36/h1-26H. The molecule has 0 bridgehead atoms. The van der Waals surface area contributed by atoms with Crippen LogP contribution >= 0.6 is 0 Å². The predicted octanol–water partition coefficient (Wildman–Crippen LogP) is 11.0. The molecule has 0 saturated carbocycles. The van der Waals surface area contributed by atoms with E-state index in [1.54, 1.807) is 0 Å². The molecule has 0 fully saturated rings. The quantitative estimate of drug-likeness (QED) is 0.186. The lowest BCUT2D eigenvalue weighted by Gasteiger charge is -2.12. The maximum absolute atomic E-state index is 5.22. The van der Waals surface area contributed by atoms with Crippen LogP contribution in [-0.4, -0.2) is 19.9 Å². The maximum Gasteiger partial charge on any atom is 0.161 e. The van der Waals surface area contributed by atoms with Gasteiger partial charge in [0, 0.05) is 39.2 Å². The number of nitrogens with zero attached hydrogens (tertiary/aromatic N) is 4. The van der Waals surface area contributed by atoms with Crippen LogP contribution in [0, 0.1) is 0 Å². The van der Waals surface area contributed by atoms with Gasteiger partial charge >= 0.3 is 0 Å². The van der Waals surface area contributed by atoms with E-state index in [2.05, 4.69) is 145 Å². The van der Waals surface area contributed by atoms with Gasteiger partial charge in [-0.3, -0.25) is 4.98 Å². The molecular formula is C44H26N4. The molecule has 10 rings (SSSR count). The Kier molecular flexibility index (Phi) is 5.84. The van der Waals surface area contributed by atoms with Gasteiger partial charge in [-0.25, -0.2) is 15.0 Å². The van der Waals surface area contributed by atoms with Gasteiger partial charge in [-0.2, -0.15) is 0 Å². The molecule has 0 spiro atoms. The summed E-state index contributed by atoms with van der Waals surface area (Å²) in [4.78, 5) is 20.1. The smallest absolute Gasteiger partial charge is 0.161 e. The highest BCUT2D eigenvalue weighted by Gasteiger charge is 2.23. The van der Waals surface area contributed by atoms with Crippen molar-refractivity contribution >= 4 is 32.6 Å². The van der Waals surface area contributed by atoms with E-state index in [1.165, 1.54) is 27.6 Å². The molecule has 0 atom stereocenters. The SMILES string of the molecule is c1ccc(-c2cc(-c3ccc(-c4ccc5ccc6cccnc6c5n4)cc3)nc(-c3ccc4c5c(cccc35)-c3ccccc3-4)n2)cc1. The summed E-state index contributed by atoms with van der Waals surface area (Å²) in [7, 11) is 0. The summed E-state index contributed by atoms with van der Waals surface area (Å²) in [5.74, 6) is 0.714. The van der Waals surface area contributed by atoms with E-state index in [0.29, 0.717) is 5.82 Å². The molecule has 1 aliphatic carbocycles. The zero-order valence-electron chi connectivity index (χ0n) is 25.8. The number of rotatable bonds is 4. The Hall–Kier alpha value is -6.52. The lowest BCUT2D eigenvalue weighted by molar-refractivity contribution is 1.19. The zero-order valence-corrected chi connectivity index (χ0v) is 25.8. The van der Waals surface area contributed by atoms with Crippen LogP contribution in [0.5, 0.6) is 0 Å². The Labute approximate surface area is 277 Å². The second-order valence-electron chi connectivity index (χ2n) is 12.2. The summed E-state index contributed by atoms with van der Waals surface area (Å²) >= 11 is 0. The third-order valence-electron chi connectivity index (χ3n) is 9.49. The van der Waals surface area contributed by atoms with Crippen LogP contribution in [0.1, 0.15) is 0 Å². The van der Waals surface area contributed by atoms with E-state index in [4.69, 9.17) is 15.0 Å². The fourth-order valence-electron chi connectivity index (χ4n) is 7.17. The molecular weight excluding hydrogens is 585 g/mol.